The minimum Gasteiger partial charge on any atom is -0.348 e. The standard InChI is InChI=1S/C22H27ClN4S2/c1-16-8-6-11-21(25-16)26-22-20(29-19-10-5-4-9-18(19)23)14-17(15-24-22)28-13-7-12-27(2)3/h4-5,8-10,14-15H,6-7,11-13H2,1-3H3,(H,24,25,26). The van der Waals surface area contributed by atoms with Crippen LogP contribution in [0.5, 0.6) is 0 Å². The van der Waals surface area contributed by atoms with Gasteiger partial charge >= 0.3 is 0 Å². The molecule has 0 saturated heterocycles. The molecule has 1 aliphatic rings. The Kier molecular flexibility index (Phi) is 8.48. The third-order valence-electron chi connectivity index (χ3n) is 4.30. The van der Waals surface area contributed by atoms with E-state index in [4.69, 9.17) is 21.6 Å². The van der Waals surface area contributed by atoms with Crippen LogP contribution in [0.1, 0.15) is 26.2 Å². The van der Waals surface area contributed by atoms with Crippen LogP contribution in [0.25, 0.3) is 0 Å². The summed E-state index contributed by atoms with van der Waals surface area (Å²) in [6, 6.07) is 10.1. The summed E-state index contributed by atoms with van der Waals surface area (Å²) in [5, 5.41) is 4.11. The molecule has 2 heterocycles. The van der Waals surface area contributed by atoms with Gasteiger partial charge in [-0.05, 0) is 64.4 Å². The average molecular weight is 447 g/mol. The predicted molar refractivity (Wildman–Crippen MR) is 127 cm³/mol. The minimum atomic E-state index is 0.741. The zero-order chi connectivity index (χ0) is 20.6. The van der Waals surface area contributed by atoms with Crippen molar-refractivity contribution in [2.75, 3.05) is 26.4 Å². The molecule has 1 N–H and O–H groups in total. The number of thioether (sulfide) groups is 1. The largest absolute Gasteiger partial charge is 0.348 e. The second-order valence-electron chi connectivity index (χ2n) is 7.14. The van der Waals surface area contributed by atoms with Gasteiger partial charge in [-0.2, -0.15) is 0 Å². The summed E-state index contributed by atoms with van der Waals surface area (Å²) in [6.45, 7) is 3.15. The first-order valence-corrected chi connectivity index (χ1v) is 11.9. The fourth-order valence-electron chi connectivity index (χ4n) is 2.85. The Balaban J connectivity index is 1.83. The van der Waals surface area contributed by atoms with Crippen LogP contribution in [0.15, 0.2) is 68.0 Å². The van der Waals surface area contributed by atoms with Crippen LogP contribution in [-0.2, 0) is 0 Å². The maximum Gasteiger partial charge on any atom is 0.168 e. The molecule has 0 unspecified atom stereocenters. The van der Waals surface area contributed by atoms with Crippen LogP contribution < -0.4 is 5.32 Å². The molecule has 3 rings (SSSR count). The highest BCUT2D eigenvalue weighted by Gasteiger charge is 2.12. The molecule has 0 aliphatic carbocycles. The van der Waals surface area contributed by atoms with Crippen LogP contribution in [0, 0.1) is 0 Å². The maximum atomic E-state index is 6.40. The lowest BCUT2D eigenvalue weighted by Crippen LogP contribution is -2.24. The van der Waals surface area contributed by atoms with Crippen molar-refractivity contribution in [1.82, 2.24) is 15.2 Å². The van der Waals surface area contributed by atoms with E-state index in [0.29, 0.717) is 0 Å². The van der Waals surface area contributed by atoms with Gasteiger partial charge in [0, 0.05) is 28.1 Å². The Morgan fingerprint density at radius 2 is 2.07 bits per heavy atom. The second kappa shape index (κ2) is 11.1. The van der Waals surface area contributed by atoms with Gasteiger partial charge in [-0.15, -0.1) is 11.8 Å². The van der Waals surface area contributed by atoms with Crippen LogP contribution in [-0.4, -0.2) is 42.1 Å². The maximum absolute atomic E-state index is 6.40. The third kappa shape index (κ3) is 7.07. The first kappa shape index (κ1) is 22.2. The molecular formula is C22H27ClN4S2. The van der Waals surface area contributed by atoms with Gasteiger partial charge in [0.1, 0.15) is 5.84 Å². The Morgan fingerprint density at radius 1 is 1.24 bits per heavy atom. The normalized spacial score (nSPS) is 15.5. The van der Waals surface area contributed by atoms with E-state index < -0.39 is 0 Å². The first-order valence-electron chi connectivity index (χ1n) is 9.72. The molecule has 0 bridgehead atoms. The molecule has 0 amide bonds. The predicted octanol–water partition coefficient (Wildman–Crippen LogP) is 6.25. The summed E-state index contributed by atoms with van der Waals surface area (Å²) in [6.07, 6.45) is 7.17. The number of nitrogens with one attached hydrogen (secondary N) is 1. The van der Waals surface area contributed by atoms with Crippen LogP contribution >= 0.6 is 35.1 Å². The fourth-order valence-corrected chi connectivity index (χ4v) is 4.94. The Hall–Kier alpha value is -1.47. The second-order valence-corrected chi connectivity index (χ2v) is 9.80. The van der Waals surface area contributed by atoms with Gasteiger partial charge in [-0.25, -0.2) is 9.98 Å². The van der Waals surface area contributed by atoms with Crippen molar-refractivity contribution < 1.29 is 0 Å². The van der Waals surface area contributed by atoms with E-state index in [1.54, 1.807) is 11.8 Å². The van der Waals surface area contributed by atoms with Crippen molar-refractivity contribution in [1.29, 1.82) is 0 Å². The lowest BCUT2D eigenvalue weighted by Gasteiger charge is -2.15. The number of hydrogen-bond acceptors (Lipinski definition) is 5. The van der Waals surface area contributed by atoms with Crippen molar-refractivity contribution in [3.8, 4) is 0 Å². The van der Waals surface area contributed by atoms with Gasteiger partial charge in [-0.1, -0.05) is 41.6 Å². The van der Waals surface area contributed by atoms with Crippen LogP contribution in [0.2, 0.25) is 5.02 Å². The van der Waals surface area contributed by atoms with Crippen LogP contribution in [0.4, 0.5) is 5.82 Å². The summed E-state index contributed by atoms with van der Waals surface area (Å²) in [7, 11) is 4.21. The van der Waals surface area contributed by atoms with Crippen molar-refractivity contribution >= 4 is 46.8 Å². The molecule has 1 aromatic carbocycles. The van der Waals surface area contributed by atoms with Crippen molar-refractivity contribution in [2.24, 2.45) is 4.99 Å². The molecule has 1 aliphatic heterocycles. The molecule has 0 radical (unpaired) electrons. The molecule has 0 spiro atoms. The highest BCUT2D eigenvalue weighted by atomic mass is 35.5. The summed E-state index contributed by atoms with van der Waals surface area (Å²) in [5.41, 5.74) is 1.14. The molecule has 7 heteroatoms. The lowest BCUT2D eigenvalue weighted by molar-refractivity contribution is 0.410. The third-order valence-corrected chi connectivity index (χ3v) is 6.88. The number of allylic oxidation sites excluding steroid dienone is 2. The lowest BCUT2D eigenvalue weighted by atomic mass is 10.2. The molecule has 29 heavy (non-hydrogen) atoms. The number of aromatic nitrogens is 1. The number of hydrogen-bond donors (Lipinski definition) is 1. The topological polar surface area (TPSA) is 40.5 Å². The summed E-state index contributed by atoms with van der Waals surface area (Å²) in [5.74, 6) is 2.77. The Labute approximate surface area is 187 Å². The van der Waals surface area contributed by atoms with E-state index in [2.05, 4.69) is 43.4 Å². The van der Waals surface area contributed by atoms with Crippen molar-refractivity contribution in [2.45, 2.75) is 40.9 Å². The molecule has 154 valence electrons. The molecule has 1 aromatic heterocycles. The quantitative estimate of drug-likeness (QED) is 0.383. The van der Waals surface area contributed by atoms with Gasteiger partial charge < -0.3 is 10.2 Å². The van der Waals surface area contributed by atoms with E-state index in [1.165, 1.54) is 0 Å². The van der Waals surface area contributed by atoms with Gasteiger partial charge in [0.2, 0.25) is 0 Å². The Morgan fingerprint density at radius 3 is 2.83 bits per heavy atom. The molecule has 0 atom stereocenters. The van der Waals surface area contributed by atoms with Gasteiger partial charge in [-0.3, -0.25) is 0 Å². The SMILES string of the molecule is CC1=CCC/C(=N\c2ncc(SCCCN(C)C)cc2Sc2ccccc2Cl)N1. The number of rotatable bonds is 8. The summed E-state index contributed by atoms with van der Waals surface area (Å²) in [4.78, 5) is 14.9. The average Bonchev–Trinajstić information content (AvgIpc) is 2.69. The number of pyridine rings is 1. The summed E-state index contributed by atoms with van der Waals surface area (Å²) < 4.78 is 0. The highest BCUT2D eigenvalue weighted by Crippen LogP contribution is 2.39. The number of amidine groups is 1. The van der Waals surface area contributed by atoms with E-state index in [0.717, 1.165) is 68.6 Å². The van der Waals surface area contributed by atoms with Gasteiger partial charge in [0.05, 0.1) is 9.92 Å². The highest BCUT2D eigenvalue weighted by molar-refractivity contribution is 8.00. The molecule has 0 fully saturated rings. The minimum absolute atomic E-state index is 0.741. The zero-order valence-corrected chi connectivity index (χ0v) is 19.5. The number of nitrogens with zero attached hydrogens (tertiary/aromatic N) is 3. The van der Waals surface area contributed by atoms with E-state index >= 15 is 0 Å². The molecular weight excluding hydrogens is 420 g/mol. The molecule has 0 saturated carbocycles. The molecule has 4 nitrogen and oxygen atoms in total. The number of benzene rings is 1. The zero-order valence-electron chi connectivity index (χ0n) is 17.1. The van der Waals surface area contributed by atoms with E-state index in [9.17, 15) is 0 Å². The van der Waals surface area contributed by atoms with Gasteiger partial charge in [0.25, 0.3) is 0 Å². The van der Waals surface area contributed by atoms with Crippen molar-refractivity contribution in [3.05, 3.63) is 53.3 Å². The first-order chi connectivity index (χ1) is 14.0. The number of aliphatic imine (C=N–C) groups is 1. The van der Waals surface area contributed by atoms with Crippen molar-refractivity contribution in [3.63, 3.8) is 0 Å². The fraction of sp³-hybridized carbons (Fsp3) is 0.364. The monoisotopic (exact) mass is 446 g/mol. The molecule has 2 aromatic rings. The smallest absolute Gasteiger partial charge is 0.168 e. The van der Waals surface area contributed by atoms with E-state index in [-0.39, 0.29) is 0 Å². The summed E-state index contributed by atoms with van der Waals surface area (Å²) >= 11 is 9.86. The van der Waals surface area contributed by atoms with Crippen LogP contribution in [0.3, 0.4) is 0 Å². The van der Waals surface area contributed by atoms with E-state index in [1.807, 2.05) is 42.2 Å². The van der Waals surface area contributed by atoms with Gasteiger partial charge in [0.15, 0.2) is 5.82 Å². The Bertz CT molecular complexity index is 896. The number of halogens is 1.